The summed E-state index contributed by atoms with van der Waals surface area (Å²) in [6, 6.07) is 4.66. The smallest absolute Gasteiger partial charge is 0.335 e. The monoisotopic (exact) mass is 290 g/mol. The number of Topliss-reactive ketones (excluding diaryl/α,β-unsaturated/α-hetero) is 1. The minimum absolute atomic E-state index is 0.0606. The van der Waals surface area contributed by atoms with Crippen molar-refractivity contribution >= 4 is 39.3 Å². The molecule has 0 amide bonds. The largest absolute Gasteiger partial charge is 0.478 e. The van der Waals surface area contributed by atoms with Crippen LogP contribution >= 0.6 is 27.5 Å². The van der Waals surface area contributed by atoms with Crippen LogP contribution in [0.25, 0.3) is 0 Å². The van der Waals surface area contributed by atoms with E-state index in [1.165, 1.54) is 12.1 Å². The van der Waals surface area contributed by atoms with E-state index in [-0.39, 0.29) is 23.6 Å². The lowest BCUT2D eigenvalue weighted by Gasteiger charge is -2.02. The Balaban J connectivity index is 2.98. The molecule has 0 aromatic heterocycles. The van der Waals surface area contributed by atoms with Gasteiger partial charge < -0.3 is 5.11 Å². The first-order valence-corrected chi connectivity index (χ1v) is 5.46. The Hall–Kier alpha value is -0.870. The Morgan fingerprint density at radius 3 is 2.53 bits per heavy atom. The van der Waals surface area contributed by atoms with Crippen molar-refractivity contribution in [1.82, 2.24) is 0 Å². The van der Waals surface area contributed by atoms with E-state index in [1.54, 1.807) is 6.07 Å². The molecule has 0 aliphatic rings. The molecule has 1 N–H and O–H groups in total. The third-order valence-corrected chi connectivity index (χ3v) is 2.51. The first-order valence-electron chi connectivity index (χ1n) is 4.13. The number of carboxylic acid groups (broad SMARTS) is 1. The van der Waals surface area contributed by atoms with Gasteiger partial charge in [0.1, 0.15) is 0 Å². The molecular formula is C10H8BrClO3. The number of carbonyl (C=O) groups is 2. The number of alkyl halides is 1. The summed E-state index contributed by atoms with van der Waals surface area (Å²) in [6.07, 6.45) is 0.156. The van der Waals surface area contributed by atoms with E-state index in [0.717, 1.165) is 0 Å². The third kappa shape index (κ3) is 3.64. The van der Waals surface area contributed by atoms with Gasteiger partial charge in [0.25, 0.3) is 0 Å². The summed E-state index contributed by atoms with van der Waals surface area (Å²) in [6.45, 7) is 0. The van der Waals surface area contributed by atoms with E-state index >= 15 is 0 Å². The second-order valence-electron chi connectivity index (χ2n) is 3.00. The highest BCUT2D eigenvalue weighted by molar-refractivity contribution is 9.10. The number of halogens is 2. The fourth-order valence-electron chi connectivity index (χ4n) is 1.15. The van der Waals surface area contributed by atoms with Crippen molar-refractivity contribution < 1.29 is 14.7 Å². The molecule has 0 unspecified atom stereocenters. The quantitative estimate of drug-likeness (QED) is 0.867. The number of hydrogen-bond acceptors (Lipinski definition) is 2. The van der Waals surface area contributed by atoms with E-state index in [1.807, 2.05) is 0 Å². The van der Waals surface area contributed by atoms with Crippen LogP contribution in [0, 0.1) is 0 Å². The van der Waals surface area contributed by atoms with Gasteiger partial charge in [-0.3, -0.25) is 4.79 Å². The van der Waals surface area contributed by atoms with E-state index < -0.39 is 5.97 Å². The number of rotatable bonds is 4. The van der Waals surface area contributed by atoms with Gasteiger partial charge in [-0.2, -0.15) is 0 Å². The van der Waals surface area contributed by atoms with Gasteiger partial charge in [-0.05, 0) is 23.8 Å². The zero-order chi connectivity index (χ0) is 11.4. The van der Waals surface area contributed by atoms with E-state index in [0.29, 0.717) is 10.0 Å². The molecule has 0 heterocycles. The number of ketones is 1. The predicted molar refractivity (Wildman–Crippen MR) is 60.5 cm³/mol. The number of carbonyl (C=O) groups excluding carboxylic acids is 1. The molecule has 0 aliphatic heterocycles. The van der Waals surface area contributed by atoms with Crippen LogP contribution in [0.1, 0.15) is 15.9 Å². The van der Waals surface area contributed by atoms with Crippen LogP contribution < -0.4 is 0 Å². The van der Waals surface area contributed by atoms with Gasteiger partial charge in [-0.15, -0.1) is 11.6 Å². The summed E-state index contributed by atoms with van der Waals surface area (Å²) in [5, 5.41) is 8.79. The van der Waals surface area contributed by atoms with Crippen LogP contribution in [-0.4, -0.2) is 22.7 Å². The average Bonchev–Trinajstić information content (AvgIpc) is 2.16. The van der Waals surface area contributed by atoms with Gasteiger partial charge >= 0.3 is 5.97 Å². The average molecular weight is 292 g/mol. The van der Waals surface area contributed by atoms with E-state index in [4.69, 9.17) is 16.7 Å². The van der Waals surface area contributed by atoms with Crippen LogP contribution in [0.4, 0.5) is 0 Å². The third-order valence-electron chi connectivity index (χ3n) is 1.75. The van der Waals surface area contributed by atoms with Gasteiger partial charge in [0, 0.05) is 10.9 Å². The highest BCUT2D eigenvalue weighted by Crippen LogP contribution is 2.16. The Morgan fingerprint density at radius 1 is 1.33 bits per heavy atom. The molecule has 1 aromatic rings. The molecule has 0 radical (unpaired) electrons. The van der Waals surface area contributed by atoms with Crippen molar-refractivity contribution in [1.29, 1.82) is 0 Å². The van der Waals surface area contributed by atoms with Crippen molar-refractivity contribution in [2.45, 2.75) is 6.42 Å². The van der Waals surface area contributed by atoms with Gasteiger partial charge in [-0.1, -0.05) is 15.9 Å². The van der Waals surface area contributed by atoms with Crippen LogP contribution in [0.3, 0.4) is 0 Å². The molecule has 0 fully saturated rings. The Kier molecular flexibility index (Phi) is 4.29. The molecule has 5 heteroatoms. The first-order chi connectivity index (χ1) is 7.02. The van der Waals surface area contributed by atoms with Crippen molar-refractivity contribution in [2.75, 3.05) is 5.88 Å². The standard InChI is InChI=1S/C10H8BrClO3/c11-8-2-6(3-9(13)5-12)1-7(4-8)10(14)15/h1-2,4H,3,5H2,(H,14,15). The lowest BCUT2D eigenvalue weighted by molar-refractivity contribution is -0.116. The number of hydrogen-bond donors (Lipinski definition) is 1. The highest BCUT2D eigenvalue weighted by atomic mass is 79.9. The van der Waals surface area contributed by atoms with E-state index in [9.17, 15) is 9.59 Å². The van der Waals surface area contributed by atoms with Gasteiger partial charge in [0.2, 0.25) is 0 Å². The summed E-state index contributed by atoms with van der Waals surface area (Å²) < 4.78 is 0.639. The molecule has 0 aliphatic carbocycles. The molecule has 15 heavy (non-hydrogen) atoms. The number of carboxylic acids is 1. The fourth-order valence-corrected chi connectivity index (χ4v) is 1.79. The van der Waals surface area contributed by atoms with Crippen LogP contribution in [0.5, 0.6) is 0 Å². The molecule has 0 spiro atoms. The zero-order valence-corrected chi connectivity index (χ0v) is 10.0. The topological polar surface area (TPSA) is 54.4 Å². The maximum absolute atomic E-state index is 11.1. The second kappa shape index (κ2) is 5.28. The first kappa shape index (κ1) is 12.2. The van der Waals surface area contributed by atoms with Crippen LogP contribution in [0.15, 0.2) is 22.7 Å². The summed E-state index contributed by atoms with van der Waals surface area (Å²) in [5.41, 5.74) is 0.800. The Morgan fingerprint density at radius 2 is 2.00 bits per heavy atom. The number of aromatic carboxylic acids is 1. The summed E-state index contributed by atoms with van der Waals surface area (Å²) >= 11 is 8.55. The summed E-state index contributed by atoms with van der Waals surface area (Å²) in [5.74, 6) is -1.21. The normalized spacial score (nSPS) is 10.0. The van der Waals surface area contributed by atoms with Gasteiger partial charge in [-0.25, -0.2) is 4.79 Å². The molecule has 0 atom stereocenters. The zero-order valence-electron chi connectivity index (χ0n) is 7.67. The Labute approximate surface area is 100 Å². The molecule has 1 aromatic carbocycles. The summed E-state index contributed by atoms with van der Waals surface area (Å²) in [7, 11) is 0. The minimum atomic E-state index is -1.02. The van der Waals surface area contributed by atoms with Crippen molar-refractivity contribution in [3.05, 3.63) is 33.8 Å². The lowest BCUT2D eigenvalue weighted by Crippen LogP contribution is -2.05. The van der Waals surface area contributed by atoms with Crippen molar-refractivity contribution in [3.8, 4) is 0 Å². The highest BCUT2D eigenvalue weighted by Gasteiger charge is 2.08. The van der Waals surface area contributed by atoms with Gasteiger partial charge in [0.05, 0.1) is 11.4 Å². The molecule has 0 saturated carbocycles. The van der Waals surface area contributed by atoms with Crippen LogP contribution in [-0.2, 0) is 11.2 Å². The van der Waals surface area contributed by atoms with Crippen LogP contribution in [0.2, 0.25) is 0 Å². The van der Waals surface area contributed by atoms with E-state index in [2.05, 4.69) is 15.9 Å². The van der Waals surface area contributed by atoms with Gasteiger partial charge in [0.15, 0.2) is 5.78 Å². The maximum Gasteiger partial charge on any atom is 0.335 e. The lowest BCUT2D eigenvalue weighted by atomic mass is 10.1. The second-order valence-corrected chi connectivity index (χ2v) is 4.19. The molecule has 80 valence electrons. The molecular weight excluding hydrogens is 283 g/mol. The SMILES string of the molecule is O=C(CCl)Cc1cc(Br)cc(C(=O)O)c1. The number of benzene rings is 1. The molecule has 0 bridgehead atoms. The summed E-state index contributed by atoms with van der Waals surface area (Å²) in [4.78, 5) is 21.8. The maximum atomic E-state index is 11.1. The fraction of sp³-hybridized carbons (Fsp3) is 0.200. The Bertz CT molecular complexity index is 404. The molecule has 1 rings (SSSR count). The van der Waals surface area contributed by atoms with Crippen molar-refractivity contribution in [2.24, 2.45) is 0 Å². The molecule has 0 saturated heterocycles. The van der Waals surface area contributed by atoms with Crippen molar-refractivity contribution in [3.63, 3.8) is 0 Å². The predicted octanol–water partition coefficient (Wildman–Crippen LogP) is 2.50. The molecule has 3 nitrogen and oxygen atoms in total. The minimum Gasteiger partial charge on any atom is -0.478 e.